The van der Waals surface area contributed by atoms with E-state index in [4.69, 9.17) is 9.84 Å². The molecule has 1 fully saturated rings. The van der Waals surface area contributed by atoms with Gasteiger partial charge in [-0.1, -0.05) is 13.8 Å². The Labute approximate surface area is 97.4 Å². The van der Waals surface area contributed by atoms with Gasteiger partial charge in [-0.3, -0.25) is 4.79 Å². The molecule has 0 spiro atoms. The van der Waals surface area contributed by atoms with E-state index in [1.165, 1.54) is 0 Å². The number of aliphatic hydroxyl groups is 1. The van der Waals surface area contributed by atoms with Crippen molar-refractivity contribution in [2.24, 2.45) is 11.8 Å². The van der Waals surface area contributed by atoms with Crippen molar-refractivity contribution in [1.29, 1.82) is 0 Å². The first-order valence-electron chi connectivity index (χ1n) is 6.07. The van der Waals surface area contributed by atoms with Crippen LogP contribution in [0.4, 0.5) is 0 Å². The highest BCUT2D eigenvalue weighted by Crippen LogP contribution is 2.19. The molecule has 0 bridgehead atoms. The third-order valence-corrected chi connectivity index (χ3v) is 3.14. The molecule has 1 aliphatic rings. The van der Waals surface area contributed by atoms with Gasteiger partial charge in [0.25, 0.3) is 0 Å². The predicted molar refractivity (Wildman–Crippen MR) is 62.0 cm³/mol. The maximum absolute atomic E-state index is 11.9. The van der Waals surface area contributed by atoms with E-state index in [9.17, 15) is 4.79 Å². The fourth-order valence-electron chi connectivity index (χ4n) is 2.01. The van der Waals surface area contributed by atoms with Gasteiger partial charge in [-0.2, -0.15) is 0 Å². The summed E-state index contributed by atoms with van der Waals surface area (Å²) in [6, 6.07) is 0.0633. The highest BCUT2D eigenvalue weighted by Gasteiger charge is 2.29. The second kappa shape index (κ2) is 6.21. The van der Waals surface area contributed by atoms with E-state index in [1.807, 2.05) is 20.8 Å². The summed E-state index contributed by atoms with van der Waals surface area (Å²) >= 11 is 0. The second-order valence-electron chi connectivity index (χ2n) is 4.95. The Morgan fingerprint density at radius 2 is 2.25 bits per heavy atom. The number of nitrogens with one attached hydrogen (secondary N) is 1. The van der Waals surface area contributed by atoms with Crippen molar-refractivity contribution in [2.45, 2.75) is 45.8 Å². The van der Waals surface area contributed by atoms with Crippen LogP contribution in [0, 0.1) is 11.8 Å². The number of hydrogen-bond acceptors (Lipinski definition) is 3. The quantitative estimate of drug-likeness (QED) is 0.737. The monoisotopic (exact) mass is 229 g/mol. The second-order valence-corrected chi connectivity index (χ2v) is 4.95. The summed E-state index contributed by atoms with van der Waals surface area (Å²) in [6.45, 7) is 6.72. The summed E-state index contributed by atoms with van der Waals surface area (Å²) in [5, 5.41) is 11.9. The van der Waals surface area contributed by atoms with Gasteiger partial charge in [0.2, 0.25) is 5.91 Å². The summed E-state index contributed by atoms with van der Waals surface area (Å²) in [6.07, 6.45) is 1.61. The third kappa shape index (κ3) is 3.76. The zero-order valence-corrected chi connectivity index (χ0v) is 10.4. The Morgan fingerprint density at radius 1 is 1.56 bits per heavy atom. The van der Waals surface area contributed by atoms with Crippen molar-refractivity contribution in [3.63, 3.8) is 0 Å². The average molecular weight is 229 g/mol. The molecule has 3 atom stereocenters. The Morgan fingerprint density at radius 3 is 2.69 bits per heavy atom. The largest absolute Gasteiger partial charge is 0.396 e. The molecule has 0 saturated carbocycles. The number of carbonyl (C=O) groups excluding carboxylic acids is 1. The van der Waals surface area contributed by atoms with Crippen LogP contribution in [0.1, 0.15) is 33.6 Å². The first-order valence-corrected chi connectivity index (χ1v) is 6.07. The number of amides is 1. The van der Waals surface area contributed by atoms with Crippen molar-refractivity contribution in [1.82, 2.24) is 5.32 Å². The van der Waals surface area contributed by atoms with Crippen molar-refractivity contribution < 1.29 is 14.6 Å². The molecule has 1 rings (SSSR count). The van der Waals surface area contributed by atoms with Gasteiger partial charge in [-0.05, 0) is 25.7 Å². The highest BCUT2D eigenvalue weighted by atomic mass is 16.5. The van der Waals surface area contributed by atoms with Gasteiger partial charge in [0.15, 0.2) is 0 Å². The molecule has 16 heavy (non-hydrogen) atoms. The molecule has 0 aromatic heterocycles. The maximum atomic E-state index is 11.9. The van der Waals surface area contributed by atoms with Gasteiger partial charge in [0.1, 0.15) is 0 Å². The molecule has 0 aromatic carbocycles. The lowest BCUT2D eigenvalue weighted by atomic mass is 9.99. The molecule has 1 heterocycles. The first kappa shape index (κ1) is 13.5. The summed E-state index contributed by atoms with van der Waals surface area (Å²) in [5.41, 5.74) is 0. The number of carbonyl (C=O) groups is 1. The van der Waals surface area contributed by atoms with Crippen molar-refractivity contribution in [3.05, 3.63) is 0 Å². The SMILES string of the molecule is CC1CC(C(=O)NC(CCO)C(C)C)CO1. The van der Waals surface area contributed by atoms with Crippen LogP contribution in [0.25, 0.3) is 0 Å². The molecule has 1 aliphatic heterocycles. The van der Waals surface area contributed by atoms with E-state index in [0.29, 0.717) is 18.9 Å². The van der Waals surface area contributed by atoms with Gasteiger partial charge in [0, 0.05) is 12.6 Å². The summed E-state index contributed by atoms with van der Waals surface area (Å²) in [7, 11) is 0. The lowest BCUT2D eigenvalue weighted by Crippen LogP contribution is -2.42. The molecule has 3 unspecified atom stereocenters. The fraction of sp³-hybridized carbons (Fsp3) is 0.917. The summed E-state index contributed by atoms with van der Waals surface area (Å²) in [5.74, 6) is 0.391. The lowest BCUT2D eigenvalue weighted by Gasteiger charge is -2.23. The van der Waals surface area contributed by atoms with Crippen LogP contribution >= 0.6 is 0 Å². The number of hydrogen-bond donors (Lipinski definition) is 2. The molecule has 0 aliphatic carbocycles. The predicted octanol–water partition coefficient (Wildman–Crippen LogP) is 0.935. The van der Waals surface area contributed by atoms with E-state index < -0.39 is 0 Å². The van der Waals surface area contributed by atoms with Gasteiger partial charge < -0.3 is 15.2 Å². The number of rotatable bonds is 5. The lowest BCUT2D eigenvalue weighted by molar-refractivity contribution is -0.126. The van der Waals surface area contributed by atoms with E-state index in [2.05, 4.69) is 5.32 Å². The molecular formula is C12H23NO3. The van der Waals surface area contributed by atoms with E-state index >= 15 is 0 Å². The Hall–Kier alpha value is -0.610. The normalized spacial score (nSPS) is 27.1. The van der Waals surface area contributed by atoms with Gasteiger partial charge in [-0.15, -0.1) is 0 Å². The first-order chi connectivity index (χ1) is 7.54. The molecule has 1 saturated heterocycles. The van der Waals surface area contributed by atoms with Crippen LogP contribution in [-0.2, 0) is 9.53 Å². The molecule has 94 valence electrons. The molecule has 0 radical (unpaired) electrons. The van der Waals surface area contributed by atoms with Crippen LogP contribution in [0.5, 0.6) is 0 Å². The summed E-state index contributed by atoms with van der Waals surface area (Å²) < 4.78 is 5.38. The van der Waals surface area contributed by atoms with Crippen molar-refractivity contribution in [2.75, 3.05) is 13.2 Å². The van der Waals surface area contributed by atoms with Gasteiger partial charge in [0.05, 0.1) is 18.6 Å². The minimum atomic E-state index is -0.0186. The molecule has 0 aromatic rings. The number of ether oxygens (including phenoxy) is 1. The van der Waals surface area contributed by atoms with E-state index in [1.54, 1.807) is 0 Å². The van der Waals surface area contributed by atoms with E-state index in [0.717, 1.165) is 6.42 Å². The van der Waals surface area contributed by atoms with E-state index in [-0.39, 0.29) is 30.6 Å². The Bertz CT molecular complexity index is 230. The van der Waals surface area contributed by atoms with Gasteiger partial charge in [-0.25, -0.2) is 0 Å². The highest BCUT2D eigenvalue weighted by molar-refractivity contribution is 5.79. The smallest absolute Gasteiger partial charge is 0.225 e. The summed E-state index contributed by atoms with van der Waals surface area (Å²) in [4.78, 5) is 11.9. The molecular weight excluding hydrogens is 206 g/mol. The zero-order chi connectivity index (χ0) is 12.1. The minimum Gasteiger partial charge on any atom is -0.396 e. The van der Waals surface area contributed by atoms with Crippen LogP contribution in [0.3, 0.4) is 0 Å². The van der Waals surface area contributed by atoms with Crippen molar-refractivity contribution in [3.8, 4) is 0 Å². The Balaban J connectivity index is 2.42. The standard InChI is InChI=1S/C12H23NO3/c1-8(2)11(4-5-14)13-12(15)10-6-9(3)16-7-10/h8-11,14H,4-7H2,1-3H3,(H,13,15). The average Bonchev–Trinajstić information content (AvgIpc) is 2.64. The molecule has 4 nitrogen and oxygen atoms in total. The topological polar surface area (TPSA) is 58.6 Å². The molecule has 2 N–H and O–H groups in total. The third-order valence-electron chi connectivity index (χ3n) is 3.14. The van der Waals surface area contributed by atoms with Crippen LogP contribution < -0.4 is 5.32 Å². The minimum absolute atomic E-state index is 0.0186. The zero-order valence-electron chi connectivity index (χ0n) is 10.4. The van der Waals surface area contributed by atoms with Crippen LogP contribution in [0.15, 0.2) is 0 Å². The van der Waals surface area contributed by atoms with Crippen LogP contribution in [-0.4, -0.2) is 36.4 Å². The van der Waals surface area contributed by atoms with Crippen LogP contribution in [0.2, 0.25) is 0 Å². The molecule has 4 heteroatoms. The maximum Gasteiger partial charge on any atom is 0.225 e. The molecule has 1 amide bonds. The fourth-order valence-corrected chi connectivity index (χ4v) is 2.01. The van der Waals surface area contributed by atoms with Crippen molar-refractivity contribution >= 4 is 5.91 Å². The number of aliphatic hydroxyl groups excluding tert-OH is 1. The Kier molecular flexibility index (Phi) is 5.22. The van der Waals surface area contributed by atoms with Gasteiger partial charge >= 0.3 is 0 Å².